The zero-order chi connectivity index (χ0) is 22.8. The van der Waals surface area contributed by atoms with Gasteiger partial charge in [0.05, 0.1) is 23.5 Å². The number of esters is 1. The number of hydrogen-bond donors (Lipinski definition) is 3. The summed E-state index contributed by atoms with van der Waals surface area (Å²) in [6.45, 7) is 3.00. The topological polar surface area (TPSA) is 134 Å². The number of allylic oxidation sites excluding steroid dienone is 1. The number of non-ortho nitro benzene ring substituents is 1. The second-order valence-electron chi connectivity index (χ2n) is 7.13. The third kappa shape index (κ3) is 4.19. The van der Waals surface area contributed by atoms with Gasteiger partial charge in [-0.3, -0.25) is 15.1 Å². The van der Waals surface area contributed by atoms with Crippen molar-refractivity contribution in [2.24, 2.45) is 0 Å². The van der Waals surface area contributed by atoms with Crippen LogP contribution in [0.5, 0.6) is 0 Å². The Hall–Kier alpha value is -3.92. The monoisotopic (exact) mass is 426 g/mol. The van der Waals surface area contributed by atoms with Crippen LogP contribution < -0.4 is 10.7 Å². The number of ether oxygens (including phenoxy) is 1. The van der Waals surface area contributed by atoms with Crippen LogP contribution in [0.25, 0.3) is 0 Å². The van der Waals surface area contributed by atoms with E-state index in [0.717, 1.165) is 0 Å². The van der Waals surface area contributed by atoms with Crippen molar-refractivity contribution in [3.8, 4) is 0 Å². The molecule has 0 radical (unpaired) electrons. The van der Waals surface area contributed by atoms with Gasteiger partial charge in [0.2, 0.25) is 0 Å². The van der Waals surface area contributed by atoms with Crippen LogP contribution in [0.3, 0.4) is 0 Å². The molecule has 2 aromatic carbocycles. The Morgan fingerprint density at radius 1 is 1.16 bits per heavy atom. The summed E-state index contributed by atoms with van der Waals surface area (Å²) in [6, 6.07) is 13.6. The molecule has 3 rings (SSSR count). The third-order valence-electron chi connectivity index (χ3n) is 5.10. The zero-order valence-corrected chi connectivity index (χ0v) is 17.2. The number of carbonyl (C=O) groups is 2. The molecule has 1 aliphatic rings. The van der Waals surface area contributed by atoms with Crippen LogP contribution in [-0.4, -0.2) is 39.9 Å². The zero-order valence-electron chi connectivity index (χ0n) is 17.2. The number of hydrogen-bond acceptors (Lipinski definition) is 7. The van der Waals surface area contributed by atoms with Crippen molar-refractivity contribution in [3.63, 3.8) is 0 Å². The maximum absolute atomic E-state index is 12.5. The molecule has 2 amide bonds. The molecule has 0 spiro atoms. The number of aliphatic hydroxyl groups is 1. The van der Waals surface area contributed by atoms with Gasteiger partial charge in [0.15, 0.2) is 5.72 Å². The van der Waals surface area contributed by atoms with Crippen LogP contribution in [-0.2, 0) is 9.53 Å². The molecule has 10 heteroatoms. The molecule has 2 unspecified atom stereocenters. The van der Waals surface area contributed by atoms with Crippen molar-refractivity contribution < 1.29 is 24.4 Å². The smallest absolute Gasteiger partial charge is 0.338 e. The summed E-state index contributed by atoms with van der Waals surface area (Å²) in [5.41, 5.74) is 2.07. The van der Waals surface area contributed by atoms with Crippen molar-refractivity contribution in [3.05, 3.63) is 81.5 Å². The van der Waals surface area contributed by atoms with E-state index in [1.165, 1.54) is 43.3 Å². The second kappa shape index (κ2) is 8.44. The number of benzene rings is 2. The standard InChI is InChI=1S/C21H22N4O6/c1-13-17(19(26)31-3)18(14-9-11-16(12-10-14)25(29)30)21(2,28)24(13)23-20(27)22-15-7-5-4-6-8-15/h4-12,18,28H,1-3H3,(H2,22,23,27). The van der Waals surface area contributed by atoms with Gasteiger partial charge in [0.1, 0.15) is 0 Å². The van der Waals surface area contributed by atoms with E-state index in [1.807, 2.05) is 0 Å². The van der Waals surface area contributed by atoms with Gasteiger partial charge in [0.25, 0.3) is 5.69 Å². The molecule has 1 heterocycles. The van der Waals surface area contributed by atoms with E-state index < -0.39 is 28.6 Å². The predicted molar refractivity (Wildman–Crippen MR) is 112 cm³/mol. The molecule has 0 aliphatic carbocycles. The van der Waals surface area contributed by atoms with Crippen LogP contribution in [0.2, 0.25) is 0 Å². The van der Waals surface area contributed by atoms with Gasteiger partial charge < -0.3 is 15.2 Å². The van der Waals surface area contributed by atoms with Crippen molar-refractivity contribution in [2.75, 3.05) is 12.4 Å². The fourth-order valence-corrected chi connectivity index (χ4v) is 3.70. The number of methoxy groups -OCH3 is 1. The Balaban J connectivity index is 1.95. The highest BCUT2D eigenvalue weighted by atomic mass is 16.6. The quantitative estimate of drug-likeness (QED) is 0.380. The minimum atomic E-state index is -1.77. The predicted octanol–water partition coefficient (Wildman–Crippen LogP) is 2.89. The minimum absolute atomic E-state index is 0.126. The van der Waals surface area contributed by atoms with Gasteiger partial charge >= 0.3 is 12.0 Å². The third-order valence-corrected chi connectivity index (χ3v) is 5.10. The summed E-state index contributed by atoms with van der Waals surface area (Å²) >= 11 is 0. The van der Waals surface area contributed by atoms with E-state index in [0.29, 0.717) is 11.3 Å². The van der Waals surface area contributed by atoms with Gasteiger partial charge in [-0.1, -0.05) is 30.3 Å². The number of amides is 2. The van der Waals surface area contributed by atoms with Gasteiger partial charge in [-0.2, -0.15) is 0 Å². The van der Waals surface area contributed by atoms with Crippen LogP contribution in [0.4, 0.5) is 16.2 Å². The highest BCUT2D eigenvalue weighted by molar-refractivity contribution is 5.93. The lowest BCUT2D eigenvalue weighted by molar-refractivity contribution is -0.384. The molecule has 0 fully saturated rings. The lowest BCUT2D eigenvalue weighted by Crippen LogP contribution is -2.55. The first-order valence-electron chi connectivity index (χ1n) is 9.35. The van der Waals surface area contributed by atoms with Crippen molar-refractivity contribution >= 4 is 23.4 Å². The normalized spacial score (nSPS) is 20.4. The maximum Gasteiger partial charge on any atom is 0.338 e. The van der Waals surface area contributed by atoms with E-state index >= 15 is 0 Å². The Kier molecular flexibility index (Phi) is 5.93. The van der Waals surface area contributed by atoms with Gasteiger partial charge in [-0.15, -0.1) is 0 Å². The number of anilines is 1. The SMILES string of the molecule is COC(=O)C1=C(C)N(NC(=O)Nc2ccccc2)C(C)(O)C1c1ccc([N+](=O)[O-])cc1. The molecule has 0 bridgehead atoms. The first-order chi connectivity index (χ1) is 14.7. The van der Waals surface area contributed by atoms with Gasteiger partial charge in [-0.25, -0.2) is 15.0 Å². The van der Waals surface area contributed by atoms with Crippen molar-refractivity contribution in [1.82, 2.24) is 10.4 Å². The Morgan fingerprint density at radius 2 is 1.77 bits per heavy atom. The van der Waals surface area contributed by atoms with E-state index in [1.54, 1.807) is 37.3 Å². The average Bonchev–Trinajstić information content (AvgIpc) is 2.94. The number of hydrazine groups is 1. The lowest BCUT2D eigenvalue weighted by Gasteiger charge is -2.37. The number of rotatable bonds is 5. The molecule has 31 heavy (non-hydrogen) atoms. The molecule has 0 saturated carbocycles. The van der Waals surface area contributed by atoms with Crippen LogP contribution in [0.15, 0.2) is 65.9 Å². The summed E-state index contributed by atoms with van der Waals surface area (Å²) in [6.07, 6.45) is 0. The summed E-state index contributed by atoms with van der Waals surface area (Å²) in [7, 11) is 1.21. The number of carbonyl (C=O) groups excluding carboxylic acids is 2. The number of nitro benzene ring substituents is 1. The first kappa shape index (κ1) is 21.8. The molecular formula is C21H22N4O6. The van der Waals surface area contributed by atoms with Crippen molar-refractivity contribution in [2.45, 2.75) is 25.5 Å². The molecule has 0 saturated heterocycles. The van der Waals surface area contributed by atoms with Crippen LogP contribution in [0, 0.1) is 10.1 Å². The minimum Gasteiger partial charge on any atom is -0.466 e. The van der Waals surface area contributed by atoms with Crippen LogP contribution >= 0.6 is 0 Å². The number of urea groups is 1. The largest absolute Gasteiger partial charge is 0.466 e. The van der Waals surface area contributed by atoms with Crippen molar-refractivity contribution in [1.29, 1.82) is 0 Å². The summed E-state index contributed by atoms with van der Waals surface area (Å²) in [5, 5.41) is 26.1. The molecule has 2 atom stereocenters. The fraction of sp³-hybridized carbons (Fsp3) is 0.238. The Labute approximate surface area is 178 Å². The Morgan fingerprint density at radius 3 is 2.32 bits per heavy atom. The summed E-state index contributed by atoms with van der Waals surface area (Å²) < 4.78 is 4.89. The number of nitrogens with one attached hydrogen (secondary N) is 2. The summed E-state index contributed by atoms with van der Waals surface area (Å²) in [4.78, 5) is 35.5. The molecule has 162 valence electrons. The van der Waals surface area contributed by atoms with Crippen LogP contribution in [0.1, 0.15) is 25.3 Å². The van der Waals surface area contributed by atoms with Gasteiger partial charge in [0, 0.05) is 23.5 Å². The highest BCUT2D eigenvalue weighted by Crippen LogP contribution is 2.46. The molecular weight excluding hydrogens is 404 g/mol. The highest BCUT2D eigenvalue weighted by Gasteiger charge is 2.51. The van der Waals surface area contributed by atoms with E-state index in [2.05, 4.69) is 10.7 Å². The Bertz CT molecular complexity index is 1030. The molecule has 1 aliphatic heterocycles. The van der Waals surface area contributed by atoms with E-state index in [4.69, 9.17) is 4.74 Å². The molecule has 2 aromatic rings. The molecule has 3 N–H and O–H groups in total. The number of para-hydroxylation sites is 1. The number of nitrogens with zero attached hydrogens (tertiary/aromatic N) is 2. The van der Waals surface area contributed by atoms with E-state index in [-0.39, 0.29) is 17.0 Å². The first-order valence-corrected chi connectivity index (χ1v) is 9.35. The number of nitro groups is 1. The van der Waals surface area contributed by atoms with E-state index in [9.17, 15) is 24.8 Å². The average molecular weight is 426 g/mol. The lowest BCUT2D eigenvalue weighted by atomic mass is 9.85. The maximum atomic E-state index is 12.5. The molecule has 10 nitrogen and oxygen atoms in total. The molecule has 0 aromatic heterocycles. The second-order valence-corrected chi connectivity index (χ2v) is 7.13. The summed E-state index contributed by atoms with van der Waals surface area (Å²) in [5.74, 6) is -1.62. The van der Waals surface area contributed by atoms with Gasteiger partial charge in [-0.05, 0) is 31.5 Å². The fourth-order valence-electron chi connectivity index (χ4n) is 3.70.